The Bertz CT molecular complexity index is 1660. The molecule has 0 bridgehead atoms. The summed E-state index contributed by atoms with van der Waals surface area (Å²) in [6, 6.07) is 19.0. The van der Waals surface area contributed by atoms with Gasteiger partial charge in [0.25, 0.3) is 0 Å². The molecule has 1 atom stereocenters. The van der Waals surface area contributed by atoms with Crippen molar-refractivity contribution in [1.29, 1.82) is 0 Å². The second-order valence-electron chi connectivity index (χ2n) is 10.4. The highest BCUT2D eigenvalue weighted by Gasteiger charge is 2.37. The van der Waals surface area contributed by atoms with E-state index in [0.29, 0.717) is 12.4 Å². The summed E-state index contributed by atoms with van der Waals surface area (Å²) in [5.41, 5.74) is 12.5. The lowest BCUT2D eigenvalue weighted by Gasteiger charge is -2.35. The zero-order valence-corrected chi connectivity index (χ0v) is 21.6. The molecule has 2 aromatic carbocycles. The van der Waals surface area contributed by atoms with Gasteiger partial charge in [0.05, 0.1) is 18.1 Å². The second-order valence-corrected chi connectivity index (χ2v) is 10.4. The Morgan fingerprint density at radius 3 is 2.87 bits per heavy atom. The molecular weight excluding hydrogens is 492 g/mol. The average Bonchev–Trinajstić information content (AvgIpc) is 3.64. The molecule has 10 nitrogen and oxygen atoms in total. The van der Waals surface area contributed by atoms with Gasteiger partial charge in [0.2, 0.25) is 0 Å². The van der Waals surface area contributed by atoms with Crippen LogP contribution in [0.15, 0.2) is 67.1 Å². The van der Waals surface area contributed by atoms with Crippen LogP contribution in [0.4, 0.5) is 10.6 Å². The van der Waals surface area contributed by atoms with E-state index in [9.17, 15) is 4.79 Å². The lowest BCUT2D eigenvalue weighted by molar-refractivity contribution is 0.119. The molecule has 39 heavy (non-hydrogen) atoms. The van der Waals surface area contributed by atoms with Crippen LogP contribution >= 0.6 is 0 Å². The molecule has 198 valence electrons. The molecule has 0 radical (unpaired) electrons. The molecule has 2 aliphatic rings. The van der Waals surface area contributed by atoms with Crippen LogP contribution in [0.2, 0.25) is 0 Å². The van der Waals surface area contributed by atoms with Gasteiger partial charge in [0.15, 0.2) is 5.82 Å². The number of nitrogens with zero attached hydrogens (tertiary/aromatic N) is 7. The van der Waals surface area contributed by atoms with Crippen molar-refractivity contribution < 1.29 is 9.53 Å². The Morgan fingerprint density at radius 1 is 1.08 bits per heavy atom. The van der Waals surface area contributed by atoms with E-state index in [0.717, 1.165) is 78.8 Å². The number of ether oxygens (including phenoxy) is 1. The number of cyclic esters (lactones) is 1. The van der Waals surface area contributed by atoms with E-state index in [1.54, 1.807) is 0 Å². The lowest BCUT2D eigenvalue weighted by Crippen LogP contribution is -2.52. The third-order valence-electron chi connectivity index (χ3n) is 7.82. The van der Waals surface area contributed by atoms with Gasteiger partial charge in [-0.25, -0.2) is 14.3 Å². The fraction of sp³-hybridized carbons (Fsp3) is 0.310. The quantitative estimate of drug-likeness (QED) is 0.349. The molecule has 1 amide bonds. The summed E-state index contributed by atoms with van der Waals surface area (Å²) in [6.07, 6.45) is 5.25. The third kappa shape index (κ3) is 4.46. The summed E-state index contributed by atoms with van der Waals surface area (Å²) in [7, 11) is 0. The highest BCUT2D eigenvalue weighted by molar-refractivity contribution is 5.92. The maximum absolute atomic E-state index is 11.8. The highest BCUT2D eigenvalue weighted by atomic mass is 16.6. The Morgan fingerprint density at radius 2 is 1.97 bits per heavy atom. The van der Waals surface area contributed by atoms with E-state index in [1.807, 2.05) is 32.3 Å². The zero-order chi connectivity index (χ0) is 26.3. The van der Waals surface area contributed by atoms with Crippen molar-refractivity contribution in [1.82, 2.24) is 34.2 Å². The number of aromatic nitrogens is 5. The SMILES string of the molecule is Nc1ncnn2c(CCCN3CCN4C(=O)OCC4C3)cc(-c3ccc4cn(Cc5ccccc5)nc4c3)c12. The van der Waals surface area contributed by atoms with Crippen molar-refractivity contribution in [3.05, 3.63) is 78.4 Å². The van der Waals surface area contributed by atoms with Crippen molar-refractivity contribution in [3.8, 4) is 11.1 Å². The minimum Gasteiger partial charge on any atom is -0.447 e. The zero-order valence-electron chi connectivity index (χ0n) is 21.6. The number of carbonyl (C=O) groups excluding carboxylic acids is 1. The first-order valence-electron chi connectivity index (χ1n) is 13.4. The summed E-state index contributed by atoms with van der Waals surface area (Å²) >= 11 is 0. The van der Waals surface area contributed by atoms with Crippen LogP contribution in [0.3, 0.4) is 0 Å². The first kappa shape index (κ1) is 23.7. The fourth-order valence-corrected chi connectivity index (χ4v) is 5.86. The number of carbonyl (C=O) groups is 1. The van der Waals surface area contributed by atoms with Crippen molar-refractivity contribution >= 4 is 28.3 Å². The largest absolute Gasteiger partial charge is 0.447 e. The van der Waals surface area contributed by atoms with Gasteiger partial charge in [-0.3, -0.25) is 14.5 Å². The number of nitrogens with two attached hydrogens (primary N) is 1. The summed E-state index contributed by atoms with van der Waals surface area (Å²) in [4.78, 5) is 20.3. The Kier molecular flexibility index (Phi) is 5.89. The Balaban J connectivity index is 1.12. The standard InChI is InChI=1S/C29H30N8O2/c30-28-27-25(21-8-9-22-16-35(33-26(22)13-21)15-20-5-2-1-3-6-20)14-23(37(27)32-19-31-28)7-4-10-34-11-12-36-24(17-34)18-39-29(36)38/h1-3,5-6,8-9,13-14,16,19,24H,4,7,10-12,15,17-18H2,(H2,30,31,32). The summed E-state index contributed by atoms with van der Waals surface area (Å²) < 4.78 is 9.12. The van der Waals surface area contributed by atoms with Crippen molar-refractivity contribution in [3.63, 3.8) is 0 Å². The van der Waals surface area contributed by atoms with Crippen LogP contribution < -0.4 is 5.73 Å². The number of rotatable bonds is 7. The molecule has 3 aromatic heterocycles. The highest BCUT2D eigenvalue weighted by Crippen LogP contribution is 2.32. The predicted molar refractivity (Wildman–Crippen MR) is 148 cm³/mol. The van der Waals surface area contributed by atoms with Crippen molar-refractivity contribution in [2.75, 3.05) is 38.5 Å². The number of piperazine rings is 1. The number of fused-ring (bicyclic) bond motifs is 3. The van der Waals surface area contributed by atoms with Gasteiger partial charge in [0, 0.05) is 42.5 Å². The van der Waals surface area contributed by atoms with Crippen molar-refractivity contribution in [2.24, 2.45) is 0 Å². The van der Waals surface area contributed by atoms with E-state index in [-0.39, 0.29) is 12.1 Å². The third-order valence-corrected chi connectivity index (χ3v) is 7.82. The molecule has 5 aromatic rings. The van der Waals surface area contributed by atoms with Gasteiger partial charge in [-0.2, -0.15) is 10.2 Å². The topological polar surface area (TPSA) is 107 Å². The van der Waals surface area contributed by atoms with Crippen molar-refractivity contribution in [2.45, 2.75) is 25.4 Å². The summed E-state index contributed by atoms with van der Waals surface area (Å²) in [5, 5.41) is 10.5. The first-order valence-corrected chi connectivity index (χ1v) is 13.4. The first-order chi connectivity index (χ1) is 19.1. The molecule has 10 heteroatoms. The van der Waals surface area contributed by atoms with Gasteiger partial charge in [-0.15, -0.1) is 0 Å². The maximum Gasteiger partial charge on any atom is 0.410 e. The normalized spacial score (nSPS) is 17.7. The van der Waals surface area contributed by atoms with Crippen LogP contribution in [0, 0.1) is 0 Å². The monoisotopic (exact) mass is 522 g/mol. The molecule has 0 spiro atoms. The number of hydrogen-bond donors (Lipinski definition) is 1. The molecule has 2 fully saturated rings. The fourth-order valence-electron chi connectivity index (χ4n) is 5.86. The number of aryl methyl sites for hydroxylation is 1. The van der Waals surface area contributed by atoms with Crippen LogP contribution in [0.1, 0.15) is 17.7 Å². The molecular formula is C29H30N8O2. The van der Waals surface area contributed by atoms with Crippen LogP contribution in [-0.2, 0) is 17.7 Å². The minimum atomic E-state index is -0.176. The van der Waals surface area contributed by atoms with Gasteiger partial charge in [0.1, 0.15) is 18.5 Å². The van der Waals surface area contributed by atoms with Gasteiger partial charge in [-0.1, -0.05) is 42.5 Å². The molecule has 0 aliphatic carbocycles. The molecule has 2 aliphatic heterocycles. The second kappa shape index (κ2) is 9.70. The molecule has 2 saturated heterocycles. The summed E-state index contributed by atoms with van der Waals surface area (Å²) in [5.74, 6) is 0.461. The van der Waals surface area contributed by atoms with E-state index in [2.05, 4.69) is 57.6 Å². The van der Waals surface area contributed by atoms with Crippen LogP contribution in [0.5, 0.6) is 0 Å². The van der Waals surface area contributed by atoms with Gasteiger partial charge < -0.3 is 10.5 Å². The van der Waals surface area contributed by atoms with Crippen LogP contribution in [-0.4, -0.2) is 79.1 Å². The Hall–Kier alpha value is -4.44. The van der Waals surface area contributed by atoms with E-state index < -0.39 is 0 Å². The predicted octanol–water partition coefficient (Wildman–Crippen LogP) is 3.45. The molecule has 5 heterocycles. The average molecular weight is 523 g/mol. The molecule has 7 rings (SSSR count). The number of hydrogen-bond acceptors (Lipinski definition) is 7. The number of benzene rings is 2. The Labute approximate surface area is 225 Å². The smallest absolute Gasteiger partial charge is 0.410 e. The van der Waals surface area contributed by atoms with Gasteiger partial charge in [-0.05, 0) is 42.6 Å². The molecule has 2 N–H and O–H groups in total. The number of amides is 1. The lowest BCUT2D eigenvalue weighted by atomic mass is 10.0. The van der Waals surface area contributed by atoms with Gasteiger partial charge >= 0.3 is 6.09 Å². The van der Waals surface area contributed by atoms with E-state index in [1.165, 1.54) is 11.9 Å². The summed E-state index contributed by atoms with van der Waals surface area (Å²) in [6.45, 7) is 4.63. The minimum absolute atomic E-state index is 0.172. The van der Waals surface area contributed by atoms with Crippen LogP contribution in [0.25, 0.3) is 27.5 Å². The van der Waals surface area contributed by atoms with E-state index in [4.69, 9.17) is 15.6 Å². The molecule has 0 saturated carbocycles. The molecule has 1 unspecified atom stereocenters. The maximum atomic E-state index is 11.8. The van der Waals surface area contributed by atoms with E-state index >= 15 is 0 Å². The number of anilines is 1. The number of nitrogen functional groups attached to an aromatic ring is 1.